The van der Waals surface area contributed by atoms with Gasteiger partial charge in [-0.2, -0.15) is 0 Å². The number of rotatable bonds is 7. The lowest BCUT2D eigenvalue weighted by Gasteiger charge is -2.19. The number of aryl methyl sites for hydroxylation is 1. The number of hydrogen-bond acceptors (Lipinski definition) is 3. The minimum atomic E-state index is -0.641. The molecule has 0 aromatic heterocycles. The lowest BCUT2D eigenvalue weighted by atomic mass is 10.0. The van der Waals surface area contributed by atoms with Gasteiger partial charge in [-0.1, -0.05) is 29.8 Å². The second-order valence-electron chi connectivity index (χ2n) is 5.17. The fraction of sp³-hybridized carbons (Fsp3) is 0.467. The number of halogens is 1. The van der Waals surface area contributed by atoms with Crippen molar-refractivity contribution in [3.05, 3.63) is 35.4 Å². The maximum Gasteiger partial charge on any atom is 0.312 e. The number of hydrogen-bond donors (Lipinski definition) is 4. The molecule has 0 aliphatic rings. The summed E-state index contributed by atoms with van der Waals surface area (Å²) in [5, 5.41) is 8.49. The molecule has 0 saturated heterocycles. The van der Waals surface area contributed by atoms with E-state index in [9.17, 15) is 9.59 Å². The third-order valence-electron chi connectivity index (χ3n) is 3.25. The van der Waals surface area contributed by atoms with E-state index in [-0.39, 0.29) is 30.8 Å². The number of amides is 3. The molecule has 3 amide bonds. The molecule has 0 bridgehead atoms. The number of benzene rings is 1. The zero-order chi connectivity index (χ0) is 15.8. The summed E-state index contributed by atoms with van der Waals surface area (Å²) < 4.78 is 0. The summed E-state index contributed by atoms with van der Waals surface area (Å²) in [4.78, 5) is 23.1. The summed E-state index contributed by atoms with van der Waals surface area (Å²) in [7, 11) is 1.83. The van der Waals surface area contributed by atoms with Gasteiger partial charge in [0.1, 0.15) is 0 Å². The van der Waals surface area contributed by atoms with E-state index in [0.717, 1.165) is 11.1 Å². The minimum Gasteiger partial charge on any atom is -0.354 e. The van der Waals surface area contributed by atoms with Gasteiger partial charge in [0.2, 0.25) is 5.91 Å². The van der Waals surface area contributed by atoms with E-state index in [0.29, 0.717) is 6.54 Å². The normalized spacial score (nSPS) is 12.7. The molecule has 0 fully saturated rings. The molecule has 0 spiro atoms. The van der Waals surface area contributed by atoms with E-state index in [1.807, 2.05) is 45.2 Å². The molecule has 22 heavy (non-hydrogen) atoms. The first-order chi connectivity index (χ1) is 9.92. The molecule has 1 aromatic carbocycles. The van der Waals surface area contributed by atoms with Gasteiger partial charge in [-0.25, -0.2) is 4.79 Å². The Hall–Kier alpha value is -1.79. The minimum absolute atomic E-state index is 0. The third kappa shape index (κ3) is 7.28. The van der Waals surface area contributed by atoms with Crippen LogP contribution in [0.25, 0.3) is 0 Å². The monoisotopic (exact) mass is 328 g/mol. The Morgan fingerprint density at radius 3 is 2.55 bits per heavy atom. The summed E-state index contributed by atoms with van der Waals surface area (Å²) in [6.45, 7) is 4.46. The number of nitrogens with one attached hydrogen (secondary N) is 3. The lowest BCUT2D eigenvalue weighted by molar-refractivity contribution is -0.121. The van der Waals surface area contributed by atoms with E-state index in [1.54, 1.807) is 0 Å². The van der Waals surface area contributed by atoms with Crippen molar-refractivity contribution >= 4 is 24.3 Å². The average Bonchev–Trinajstić information content (AvgIpc) is 2.43. The van der Waals surface area contributed by atoms with E-state index < -0.39 is 12.1 Å². The quantitative estimate of drug-likeness (QED) is 0.606. The summed E-state index contributed by atoms with van der Waals surface area (Å²) in [5.41, 5.74) is 7.13. The number of likely N-dealkylation sites (N-methyl/N-ethyl adjacent to an activating group) is 1. The predicted octanol–water partition coefficient (Wildman–Crippen LogP) is 1.24. The molecule has 124 valence electrons. The first-order valence-electron chi connectivity index (χ1n) is 6.99. The van der Waals surface area contributed by atoms with Gasteiger partial charge >= 0.3 is 6.03 Å². The van der Waals surface area contributed by atoms with Crippen molar-refractivity contribution in [2.75, 3.05) is 13.6 Å². The molecule has 6 nitrogen and oxygen atoms in total. The van der Waals surface area contributed by atoms with Gasteiger partial charge in [-0.15, -0.1) is 12.4 Å². The van der Waals surface area contributed by atoms with Crippen LogP contribution in [-0.2, 0) is 4.79 Å². The van der Waals surface area contributed by atoms with Crippen LogP contribution in [0.4, 0.5) is 4.79 Å². The molecule has 1 aromatic rings. The topological polar surface area (TPSA) is 96.2 Å². The smallest absolute Gasteiger partial charge is 0.312 e. The van der Waals surface area contributed by atoms with Crippen LogP contribution >= 0.6 is 12.4 Å². The van der Waals surface area contributed by atoms with Crippen LogP contribution in [0.2, 0.25) is 0 Å². The van der Waals surface area contributed by atoms with Crippen LogP contribution in [0.3, 0.4) is 0 Å². The molecule has 0 aliphatic carbocycles. The highest BCUT2D eigenvalue weighted by Crippen LogP contribution is 2.17. The van der Waals surface area contributed by atoms with E-state index >= 15 is 0 Å². The van der Waals surface area contributed by atoms with Crippen molar-refractivity contribution in [1.29, 1.82) is 0 Å². The third-order valence-corrected chi connectivity index (χ3v) is 3.25. The van der Waals surface area contributed by atoms with Crippen LogP contribution in [0.15, 0.2) is 24.3 Å². The van der Waals surface area contributed by atoms with Crippen molar-refractivity contribution in [2.45, 2.75) is 32.4 Å². The Bertz CT molecular complexity index is 496. The van der Waals surface area contributed by atoms with Crippen LogP contribution in [-0.4, -0.2) is 31.6 Å². The van der Waals surface area contributed by atoms with Gasteiger partial charge in [0, 0.05) is 12.6 Å². The van der Waals surface area contributed by atoms with Crippen LogP contribution in [0.1, 0.15) is 30.5 Å². The molecule has 2 unspecified atom stereocenters. The van der Waals surface area contributed by atoms with E-state index in [1.165, 1.54) is 0 Å². The van der Waals surface area contributed by atoms with Crippen LogP contribution in [0.5, 0.6) is 0 Å². The fourth-order valence-electron chi connectivity index (χ4n) is 1.94. The predicted molar refractivity (Wildman–Crippen MR) is 90.0 cm³/mol. The average molecular weight is 329 g/mol. The Morgan fingerprint density at radius 1 is 1.32 bits per heavy atom. The van der Waals surface area contributed by atoms with Gasteiger partial charge in [-0.3, -0.25) is 4.79 Å². The summed E-state index contributed by atoms with van der Waals surface area (Å²) in [5.74, 6) is -0.127. The van der Waals surface area contributed by atoms with Crippen molar-refractivity contribution in [2.24, 2.45) is 5.73 Å². The first-order valence-corrected chi connectivity index (χ1v) is 6.99. The number of urea groups is 1. The Kier molecular flexibility index (Phi) is 9.21. The zero-order valence-corrected chi connectivity index (χ0v) is 14.0. The molecule has 7 heteroatoms. The molecule has 1 rings (SSSR count). The highest BCUT2D eigenvalue weighted by atomic mass is 35.5. The van der Waals surface area contributed by atoms with Crippen molar-refractivity contribution in [3.8, 4) is 0 Å². The Labute approximate surface area is 137 Å². The number of nitrogens with two attached hydrogens (primary N) is 1. The first kappa shape index (κ1) is 20.2. The van der Waals surface area contributed by atoms with Crippen molar-refractivity contribution < 1.29 is 9.59 Å². The standard InChI is InChI=1S/C15H24N4O2.ClH/c1-10-5-4-6-12(7-10)13(19-15(16)21)8-14(20)18-9-11(2)17-3;/h4-7,11,13,17H,8-9H2,1-3H3,(H,18,20)(H3,16,19,21);1H. The zero-order valence-electron chi connectivity index (χ0n) is 13.2. The lowest BCUT2D eigenvalue weighted by Crippen LogP contribution is -2.40. The van der Waals surface area contributed by atoms with E-state index in [2.05, 4.69) is 16.0 Å². The maximum atomic E-state index is 12.0. The summed E-state index contributed by atoms with van der Waals surface area (Å²) >= 11 is 0. The largest absolute Gasteiger partial charge is 0.354 e. The number of primary amides is 1. The SMILES string of the molecule is CNC(C)CNC(=O)CC(NC(N)=O)c1cccc(C)c1.Cl. The summed E-state index contributed by atoms with van der Waals surface area (Å²) in [6, 6.07) is 6.78. The summed E-state index contributed by atoms with van der Waals surface area (Å²) in [6.07, 6.45) is 0.156. The number of carbonyl (C=O) groups excluding carboxylic acids is 2. The second kappa shape index (κ2) is 10.0. The Morgan fingerprint density at radius 2 is 2.00 bits per heavy atom. The van der Waals surface area contributed by atoms with Crippen LogP contribution < -0.4 is 21.7 Å². The molecular formula is C15H25ClN4O2. The van der Waals surface area contributed by atoms with Crippen molar-refractivity contribution in [1.82, 2.24) is 16.0 Å². The molecule has 0 heterocycles. The maximum absolute atomic E-state index is 12.0. The van der Waals surface area contributed by atoms with Crippen LogP contribution in [0, 0.1) is 6.92 Å². The van der Waals surface area contributed by atoms with Gasteiger partial charge in [0.25, 0.3) is 0 Å². The van der Waals surface area contributed by atoms with Gasteiger partial charge in [0.15, 0.2) is 0 Å². The highest BCUT2D eigenvalue weighted by molar-refractivity contribution is 5.85. The second-order valence-corrected chi connectivity index (χ2v) is 5.17. The van der Waals surface area contributed by atoms with Gasteiger partial charge in [-0.05, 0) is 26.5 Å². The molecule has 5 N–H and O–H groups in total. The highest BCUT2D eigenvalue weighted by Gasteiger charge is 2.17. The van der Waals surface area contributed by atoms with Gasteiger partial charge < -0.3 is 21.7 Å². The Balaban J connectivity index is 0.00000441. The number of carbonyl (C=O) groups is 2. The molecule has 2 atom stereocenters. The van der Waals surface area contributed by atoms with Crippen molar-refractivity contribution in [3.63, 3.8) is 0 Å². The molecule has 0 radical (unpaired) electrons. The molecular weight excluding hydrogens is 304 g/mol. The van der Waals surface area contributed by atoms with E-state index in [4.69, 9.17) is 5.73 Å². The van der Waals surface area contributed by atoms with Gasteiger partial charge in [0.05, 0.1) is 12.5 Å². The fourth-order valence-corrected chi connectivity index (χ4v) is 1.94. The molecule has 0 aliphatic heterocycles. The molecule has 0 saturated carbocycles.